The van der Waals surface area contributed by atoms with Crippen LogP contribution in [0.25, 0.3) is 0 Å². The van der Waals surface area contributed by atoms with Crippen molar-refractivity contribution in [2.24, 2.45) is 0 Å². The third-order valence-electron chi connectivity index (χ3n) is 3.26. The molecule has 120 valence electrons. The summed E-state index contributed by atoms with van der Waals surface area (Å²) in [4.78, 5) is 14.1. The molecule has 21 heavy (non-hydrogen) atoms. The molecule has 0 fully saturated rings. The van der Waals surface area contributed by atoms with Crippen molar-refractivity contribution < 1.29 is 19.7 Å². The maximum atomic E-state index is 11.9. The number of rotatable bonds is 7. The molecule has 0 aliphatic carbocycles. The van der Waals surface area contributed by atoms with Crippen LogP contribution in [0.3, 0.4) is 0 Å². The first kappa shape index (κ1) is 19.5. The summed E-state index contributed by atoms with van der Waals surface area (Å²) in [7, 11) is 0. The Morgan fingerprint density at radius 1 is 1.29 bits per heavy atom. The number of benzene rings is 1. The van der Waals surface area contributed by atoms with Crippen LogP contribution in [0, 0.1) is 0 Å². The number of ether oxygens (including phenoxy) is 1. The zero-order valence-corrected chi connectivity index (χ0v) is 13.5. The van der Waals surface area contributed by atoms with E-state index in [4.69, 9.17) is 4.74 Å². The second-order valence-electron chi connectivity index (χ2n) is 4.73. The number of phenolic OH excluding ortho intramolecular Hbond substituents is 2. The average molecular weight is 318 g/mol. The van der Waals surface area contributed by atoms with Crippen molar-refractivity contribution in [2.45, 2.75) is 33.3 Å². The van der Waals surface area contributed by atoms with Gasteiger partial charge in [0.2, 0.25) is 0 Å². The van der Waals surface area contributed by atoms with Crippen LogP contribution in [0.5, 0.6) is 11.5 Å². The lowest BCUT2D eigenvalue weighted by Gasteiger charge is -2.20. The summed E-state index contributed by atoms with van der Waals surface area (Å²) >= 11 is 0. The number of carbonyl (C=O) groups is 1. The molecule has 0 heterocycles. The van der Waals surface area contributed by atoms with E-state index in [0.29, 0.717) is 0 Å². The molecular weight excluding hydrogens is 294 g/mol. The Morgan fingerprint density at radius 2 is 1.90 bits per heavy atom. The minimum Gasteiger partial charge on any atom is -0.508 e. The molecule has 2 N–H and O–H groups in total. The zero-order valence-electron chi connectivity index (χ0n) is 12.7. The molecule has 0 aliphatic rings. The van der Waals surface area contributed by atoms with Gasteiger partial charge in [0.05, 0.1) is 0 Å². The van der Waals surface area contributed by atoms with Crippen molar-refractivity contribution in [3.05, 3.63) is 23.8 Å². The standard InChI is InChI=1S/C15H23NO4.ClH/c1-4-16(5-2)9-8-11(3)20-15(19)13-7-6-12(17)10-14(13)18;/h6-7,10-11,17-18H,4-5,8-9H2,1-3H3;1H. The van der Waals surface area contributed by atoms with E-state index < -0.39 is 5.97 Å². The van der Waals surface area contributed by atoms with Crippen molar-refractivity contribution in [1.82, 2.24) is 4.90 Å². The molecule has 0 saturated heterocycles. The lowest BCUT2D eigenvalue weighted by molar-refractivity contribution is 0.0301. The highest BCUT2D eigenvalue weighted by Crippen LogP contribution is 2.23. The van der Waals surface area contributed by atoms with E-state index in [2.05, 4.69) is 18.7 Å². The Labute approximate surface area is 131 Å². The predicted molar refractivity (Wildman–Crippen MR) is 84.3 cm³/mol. The van der Waals surface area contributed by atoms with Gasteiger partial charge in [-0.15, -0.1) is 12.4 Å². The molecule has 1 aromatic rings. The van der Waals surface area contributed by atoms with Crippen LogP contribution in [0.1, 0.15) is 37.6 Å². The number of esters is 1. The maximum absolute atomic E-state index is 11.9. The molecule has 1 rings (SSSR count). The Balaban J connectivity index is 0.00000400. The summed E-state index contributed by atoms with van der Waals surface area (Å²) in [6, 6.07) is 3.82. The number of phenols is 2. The normalized spacial score (nSPS) is 11.8. The highest BCUT2D eigenvalue weighted by atomic mass is 35.5. The van der Waals surface area contributed by atoms with E-state index in [1.54, 1.807) is 0 Å². The van der Waals surface area contributed by atoms with E-state index in [1.165, 1.54) is 12.1 Å². The van der Waals surface area contributed by atoms with E-state index in [0.717, 1.165) is 32.1 Å². The highest BCUT2D eigenvalue weighted by molar-refractivity contribution is 5.92. The van der Waals surface area contributed by atoms with Gasteiger partial charge in [-0.1, -0.05) is 13.8 Å². The lowest BCUT2D eigenvalue weighted by atomic mass is 10.2. The molecule has 6 heteroatoms. The van der Waals surface area contributed by atoms with E-state index in [1.807, 2.05) is 6.92 Å². The molecule has 0 bridgehead atoms. The average Bonchev–Trinajstić information content (AvgIpc) is 2.39. The van der Waals surface area contributed by atoms with Gasteiger partial charge < -0.3 is 19.8 Å². The van der Waals surface area contributed by atoms with Gasteiger partial charge in [-0.25, -0.2) is 4.79 Å². The van der Waals surface area contributed by atoms with Crippen molar-refractivity contribution in [3.8, 4) is 11.5 Å². The minimum atomic E-state index is -0.574. The van der Waals surface area contributed by atoms with Gasteiger partial charge in [0.25, 0.3) is 0 Å². The number of carbonyl (C=O) groups excluding carboxylic acids is 1. The number of halogens is 1. The Hall–Kier alpha value is -1.46. The Bertz CT molecular complexity index is 449. The Kier molecular flexibility index (Phi) is 8.81. The summed E-state index contributed by atoms with van der Waals surface area (Å²) < 4.78 is 5.29. The van der Waals surface area contributed by atoms with Crippen LogP contribution >= 0.6 is 12.4 Å². The van der Waals surface area contributed by atoms with E-state index in [9.17, 15) is 15.0 Å². The molecule has 0 aromatic heterocycles. The fourth-order valence-electron chi connectivity index (χ4n) is 1.90. The quantitative estimate of drug-likeness (QED) is 0.757. The van der Waals surface area contributed by atoms with Crippen LogP contribution in [-0.2, 0) is 4.74 Å². The van der Waals surface area contributed by atoms with Gasteiger partial charge in [0, 0.05) is 12.6 Å². The van der Waals surface area contributed by atoms with Crippen molar-refractivity contribution in [2.75, 3.05) is 19.6 Å². The zero-order chi connectivity index (χ0) is 15.1. The fourth-order valence-corrected chi connectivity index (χ4v) is 1.90. The SMILES string of the molecule is CCN(CC)CCC(C)OC(=O)c1ccc(O)cc1O.Cl. The number of nitrogens with zero attached hydrogens (tertiary/aromatic N) is 1. The molecular formula is C15H24ClNO4. The first-order valence-corrected chi connectivity index (χ1v) is 6.93. The number of aromatic hydroxyl groups is 2. The first-order chi connectivity index (χ1) is 9.47. The van der Waals surface area contributed by atoms with Crippen molar-refractivity contribution >= 4 is 18.4 Å². The molecule has 1 atom stereocenters. The van der Waals surface area contributed by atoms with Gasteiger partial charge in [-0.3, -0.25) is 0 Å². The third-order valence-corrected chi connectivity index (χ3v) is 3.26. The third kappa shape index (κ3) is 6.23. The number of hydrogen-bond acceptors (Lipinski definition) is 5. The topological polar surface area (TPSA) is 70.0 Å². The molecule has 0 aliphatic heterocycles. The molecule has 0 saturated carbocycles. The first-order valence-electron chi connectivity index (χ1n) is 6.93. The van der Waals surface area contributed by atoms with Crippen molar-refractivity contribution in [3.63, 3.8) is 0 Å². The molecule has 1 aromatic carbocycles. The second-order valence-corrected chi connectivity index (χ2v) is 4.73. The van der Waals surface area contributed by atoms with Crippen LogP contribution < -0.4 is 0 Å². The highest BCUT2D eigenvalue weighted by Gasteiger charge is 2.16. The monoisotopic (exact) mass is 317 g/mol. The van der Waals surface area contributed by atoms with Gasteiger partial charge in [-0.05, 0) is 38.6 Å². The van der Waals surface area contributed by atoms with Gasteiger partial charge in [0.15, 0.2) is 0 Å². The molecule has 0 radical (unpaired) electrons. The van der Waals surface area contributed by atoms with Crippen molar-refractivity contribution in [1.29, 1.82) is 0 Å². The second kappa shape index (κ2) is 9.47. The summed E-state index contributed by atoms with van der Waals surface area (Å²) in [6.45, 7) is 8.82. The molecule has 5 nitrogen and oxygen atoms in total. The number of hydrogen-bond donors (Lipinski definition) is 2. The molecule has 0 spiro atoms. The van der Waals surface area contributed by atoms with Crippen LogP contribution in [0.4, 0.5) is 0 Å². The summed E-state index contributed by atoms with van der Waals surface area (Å²) in [6.07, 6.45) is 0.517. The summed E-state index contributed by atoms with van der Waals surface area (Å²) in [5.41, 5.74) is 0.0671. The lowest BCUT2D eigenvalue weighted by Crippen LogP contribution is -2.27. The smallest absolute Gasteiger partial charge is 0.342 e. The maximum Gasteiger partial charge on any atom is 0.342 e. The summed E-state index contributed by atoms with van der Waals surface area (Å²) in [5, 5.41) is 18.8. The van der Waals surface area contributed by atoms with Crippen LogP contribution in [0.2, 0.25) is 0 Å². The minimum absolute atomic E-state index is 0. The largest absolute Gasteiger partial charge is 0.508 e. The van der Waals surface area contributed by atoms with E-state index in [-0.39, 0.29) is 35.6 Å². The summed E-state index contributed by atoms with van der Waals surface area (Å²) in [5.74, 6) is -0.936. The molecule has 1 unspecified atom stereocenters. The predicted octanol–water partition coefficient (Wildman–Crippen LogP) is 2.80. The van der Waals surface area contributed by atoms with Crippen LogP contribution in [0.15, 0.2) is 18.2 Å². The van der Waals surface area contributed by atoms with Gasteiger partial charge >= 0.3 is 5.97 Å². The van der Waals surface area contributed by atoms with Gasteiger partial charge in [-0.2, -0.15) is 0 Å². The van der Waals surface area contributed by atoms with Crippen LogP contribution in [-0.4, -0.2) is 46.8 Å². The fraction of sp³-hybridized carbons (Fsp3) is 0.533. The molecule has 0 amide bonds. The van der Waals surface area contributed by atoms with Gasteiger partial charge in [0.1, 0.15) is 23.2 Å². The Morgan fingerprint density at radius 3 is 2.43 bits per heavy atom. The van der Waals surface area contributed by atoms with E-state index >= 15 is 0 Å².